The summed E-state index contributed by atoms with van der Waals surface area (Å²) in [5.74, 6) is 1.56. The Labute approximate surface area is 182 Å². The summed E-state index contributed by atoms with van der Waals surface area (Å²) in [6, 6.07) is 14.8. The first-order valence-electron chi connectivity index (χ1n) is 9.98. The summed E-state index contributed by atoms with van der Waals surface area (Å²) in [4.78, 5) is 22.5. The highest BCUT2D eigenvalue weighted by Crippen LogP contribution is 2.30. The second-order valence-corrected chi connectivity index (χ2v) is 7.25. The molecule has 0 amide bonds. The summed E-state index contributed by atoms with van der Waals surface area (Å²) in [7, 11) is 3.09. The second kappa shape index (κ2) is 7.77. The SMILES string of the molecule is COc1cc2nc(C)n(-c3ccccc3Cn3nnc4ncccc43)c(=O)c2cc1OC. The van der Waals surface area contributed by atoms with Crippen molar-refractivity contribution in [1.29, 1.82) is 0 Å². The van der Waals surface area contributed by atoms with E-state index in [4.69, 9.17) is 9.47 Å². The molecule has 2 aromatic carbocycles. The number of hydrogen-bond acceptors (Lipinski definition) is 7. The molecule has 0 aliphatic heterocycles. The summed E-state index contributed by atoms with van der Waals surface area (Å²) in [6.07, 6.45) is 1.68. The first-order chi connectivity index (χ1) is 15.6. The van der Waals surface area contributed by atoms with Crippen molar-refractivity contribution in [2.24, 2.45) is 0 Å². The Hall–Kier alpha value is -4.27. The number of rotatable bonds is 5. The van der Waals surface area contributed by atoms with E-state index < -0.39 is 0 Å². The number of hydrogen-bond donors (Lipinski definition) is 0. The minimum Gasteiger partial charge on any atom is -0.493 e. The predicted octanol–water partition coefficient (Wildman–Crippen LogP) is 2.90. The molecule has 0 radical (unpaired) electrons. The molecule has 5 aromatic rings. The van der Waals surface area contributed by atoms with Crippen molar-refractivity contribution < 1.29 is 9.47 Å². The fraction of sp³-hybridized carbons (Fsp3) is 0.174. The molecule has 0 saturated carbocycles. The van der Waals surface area contributed by atoms with Gasteiger partial charge in [0.05, 0.1) is 37.4 Å². The van der Waals surface area contributed by atoms with Crippen LogP contribution in [0.25, 0.3) is 27.8 Å². The Morgan fingerprint density at radius 3 is 2.59 bits per heavy atom. The van der Waals surface area contributed by atoms with Crippen molar-refractivity contribution in [3.63, 3.8) is 0 Å². The van der Waals surface area contributed by atoms with Gasteiger partial charge in [-0.15, -0.1) is 5.10 Å². The molecule has 0 fully saturated rings. The minimum atomic E-state index is -0.189. The Balaban J connectivity index is 1.69. The smallest absolute Gasteiger partial charge is 0.266 e. The third-order valence-electron chi connectivity index (χ3n) is 5.39. The van der Waals surface area contributed by atoms with Crippen LogP contribution in [0.1, 0.15) is 11.4 Å². The lowest BCUT2D eigenvalue weighted by Crippen LogP contribution is -2.24. The third-order valence-corrected chi connectivity index (χ3v) is 5.39. The first-order valence-corrected chi connectivity index (χ1v) is 9.98. The van der Waals surface area contributed by atoms with Crippen LogP contribution in [0.5, 0.6) is 11.5 Å². The molecule has 3 heterocycles. The molecule has 0 N–H and O–H groups in total. The van der Waals surface area contributed by atoms with Crippen molar-refractivity contribution in [2.75, 3.05) is 14.2 Å². The Morgan fingerprint density at radius 2 is 1.78 bits per heavy atom. The fourth-order valence-electron chi connectivity index (χ4n) is 3.86. The van der Waals surface area contributed by atoms with Crippen LogP contribution < -0.4 is 15.0 Å². The van der Waals surface area contributed by atoms with E-state index >= 15 is 0 Å². The van der Waals surface area contributed by atoms with Gasteiger partial charge in [0.25, 0.3) is 5.56 Å². The van der Waals surface area contributed by atoms with Crippen LogP contribution in [0.2, 0.25) is 0 Å². The van der Waals surface area contributed by atoms with Crippen LogP contribution in [-0.2, 0) is 6.54 Å². The van der Waals surface area contributed by atoms with Gasteiger partial charge in [-0.3, -0.25) is 9.36 Å². The first kappa shape index (κ1) is 19.7. The van der Waals surface area contributed by atoms with E-state index in [1.54, 1.807) is 34.7 Å². The van der Waals surface area contributed by atoms with Gasteiger partial charge in [-0.2, -0.15) is 0 Å². The second-order valence-electron chi connectivity index (χ2n) is 7.25. The quantitative estimate of drug-likeness (QED) is 0.425. The van der Waals surface area contributed by atoms with Gasteiger partial charge >= 0.3 is 0 Å². The molecule has 160 valence electrons. The number of nitrogens with zero attached hydrogens (tertiary/aromatic N) is 6. The zero-order valence-corrected chi connectivity index (χ0v) is 17.8. The molecule has 0 saturated heterocycles. The topological polar surface area (TPSA) is 97.0 Å². The fourth-order valence-corrected chi connectivity index (χ4v) is 3.86. The highest BCUT2D eigenvalue weighted by atomic mass is 16.5. The number of para-hydroxylation sites is 1. The van der Waals surface area contributed by atoms with E-state index in [1.807, 2.05) is 43.3 Å². The van der Waals surface area contributed by atoms with Crippen LogP contribution in [0.15, 0.2) is 59.5 Å². The largest absolute Gasteiger partial charge is 0.493 e. The highest BCUT2D eigenvalue weighted by molar-refractivity contribution is 5.82. The molecular weight excluding hydrogens is 408 g/mol. The van der Waals surface area contributed by atoms with E-state index in [1.165, 1.54) is 7.11 Å². The van der Waals surface area contributed by atoms with Crippen molar-refractivity contribution in [3.05, 3.63) is 76.5 Å². The molecule has 9 heteroatoms. The molecule has 5 rings (SSSR count). The molecule has 0 aliphatic rings. The number of aromatic nitrogens is 6. The normalized spacial score (nSPS) is 11.2. The van der Waals surface area contributed by atoms with Crippen LogP contribution in [0.3, 0.4) is 0 Å². The molecule has 0 aliphatic carbocycles. The van der Waals surface area contributed by atoms with E-state index in [9.17, 15) is 4.79 Å². The lowest BCUT2D eigenvalue weighted by Gasteiger charge is -2.16. The predicted molar refractivity (Wildman–Crippen MR) is 120 cm³/mol. The van der Waals surface area contributed by atoms with Gasteiger partial charge in [0.15, 0.2) is 11.5 Å². The number of benzene rings is 2. The maximum Gasteiger partial charge on any atom is 0.266 e. The Bertz CT molecular complexity index is 1520. The summed E-state index contributed by atoms with van der Waals surface area (Å²) in [5.41, 5.74) is 3.38. The average Bonchev–Trinajstić information content (AvgIpc) is 3.22. The van der Waals surface area contributed by atoms with Crippen molar-refractivity contribution >= 4 is 22.1 Å². The monoisotopic (exact) mass is 428 g/mol. The van der Waals surface area contributed by atoms with Crippen LogP contribution in [0, 0.1) is 6.92 Å². The molecule has 0 unspecified atom stereocenters. The number of fused-ring (bicyclic) bond motifs is 2. The van der Waals surface area contributed by atoms with E-state index in [0.29, 0.717) is 40.4 Å². The molecule has 0 spiro atoms. The van der Waals surface area contributed by atoms with Gasteiger partial charge in [-0.25, -0.2) is 14.6 Å². The Kier molecular flexibility index (Phi) is 4.78. The zero-order valence-electron chi connectivity index (χ0n) is 17.8. The molecular formula is C23H20N6O3. The van der Waals surface area contributed by atoms with Gasteiger partial charge in [0.1, 0.15) is 11.3 Å². The van der Waals surface area contributed by atoms with E-state index in [0.717, 1.165) is 16.8 Å². The lowest BCUT2D eigenvalue weighted by molar-refractivity contribution is 0.355. The maximum atomic E-state index is 13.6. The van der Waals surface area contributed by atoms with Crippen molar-refractivity contribution in [1.82, 2.24) is 29.5 Å². The van der Waals surface area contributed by atoms with Crippen molar-refractivity contribution in [2.45, 2.75) is 13.5 Å². The van der Waals surface area contributed by atoms with E-state index in [2.05, 4.69) is 20.3 Å². The van der Waals surface area contributed by atoms with E-state index in [-0.39, 0.29) is 5.56 Å². The van der Waals surface area contributed by atoms with Gasteiger partial charge in [0, 0.05) is 12.3 Å². The Morgan fingerprint density at radius 1 is 1.00 bits per heavy atom. The van der Waals surface area contributed by atoms with Gasteiger partial charge in [-0.05, 0) is 36.8 Å². The number of ether oxygens (including phenoxy) is 2. The summed E-state index contributed by atoms with van der Waals surface area (Å²) in [6.45, 7) is 2.23. The zero-order chi connectivity index (χ0) is 22.2. The van der Waals surface area contributed by atoms with Crippen LogP contribution >= 0.6 is 0 Å². The number of methoxy groups -OCH3 is 2. The third kappa shape index (κ3) is 3.15. The summed E-state index contributed by atoms with van der Waals surface area (Å²) >= 11 is 0. The van der Waals surface area contributed by atoms with Crippen molar-refractivity contribution in [3.8, 4) is 17.2 Å². The minimum absolute atomic E-state index is 0.189. The standard InChI is InChI=1S/C23H20N6O3/c1-14-25-17-12-21(32-3)20(31-2)11-16(17)23(30)29(14)18-8-5-4-7-15(18)13-28-19-9-6-10-24-22(19)26-27-28/h4-12H,13H2,1-3H3. The maximum absolute atomic E-state index is 13.6. The molecule has 32 heavy (non-hydrogen) atoms. The number of pyridine rings is 1. The summed E-state index contributed by atoms with van der Waals surface area (Å²) < 4.78 is 14.1. The average molecular weight is 428 g/mol. The molecule has 0 bridgehead atoms. The highest BCUT2D eigenvalue weighted by Gasteiger charge is 2.17. The molecule has 0 atom stereocenters. The van der Waals surface area contributed by atoms with Gasteiger partial charge < -0.3 is 9.47 Å². The molecule has 3 aromatic heterocycles. The van der Waals surface area contributed by atoms with Gasteiger partial charge in [-0.1, -0.05) is 23.4 Å². The lowest BCUT2D eigenvalue weighted by atomic mass is 10.1. The van der Waals surface area contributed by atoms with Crippen LogP contribution in [-0.4, -0.2) is 43.7 Å². The van der Waals surface area contributed by atoms with Crippen LogP contribution in [0.4, 0.5) is 0 Å². The summed E-state index contributed by atoms with van der Waals surface area (Å²) in [5, 5.41) is 8.80. The molecule has 9 nitrogen and oxygen atoms in total. The number of aryl methyl sites for hydroxylation is 1. The van der Waals surface area contributed by atoms with Gasteiger partial charge in [0.2, 0.25) is 5.65 Å².